The van der Waals surface area contributed by atoms with Crippen LogP contribution in [0.4, 0.5) is 11.8 Å². The van der Waals surface area contributed by atoms with Gasteiger partial charge < -0.3 is 15.8 Å². The number of ether oxygens (including phenoxy) is 1. The Morgan fingerprint density at radius 1 is 1.06 bits per heavy atom. The molecular formula is C24H27ClN6O3S. The van der Waals surface area contributed by atoms with Crippen molar-refractivity contribution in [1.29, 1.82) is 0 Å². The highest BCUT2D eigenvalue weighted by molar-refractivity contribution is 7.92. The van der Waals surface area contributed by atoms with Gasteiger partial charge in [0.25, 0.3) is 10.0 Å². The number of rotatable bonds is 8. The van der Waals surface area contributed by atoms with Crippen LogP contribution in [0, 0.1) is 0 Å². The van der Waals surface area contributed by atoms with Gasteiger partial charge in [-0.2, -0.15) is 4.98 Å². The third-order valence-corrected chi connectivity index (χ3v) is 7.53. The number of nitrogens with one attached hydrogen (secondary N) is 2. The molecule has 0 atom stereocenters. The van der Waals surface area contributed by atoms with E-state index >= 15 is 0 Å². The molecule has 1 fully saturated rings. The maximum atomic E-state index is 12.7. The highest BCUT2D eigenvalue weighted by Crippen LogP contribution is 2.26. The van der Waals surface area contributed by atoms with Crippen molar-refractivity contribution in [2.75, 3.05) is 17.1 Å². The first-order chi connectivity index (χ1) is 16.8. The highest BCUT2D eigenvalue weighted by atomic mass is 35.5. The molecule has 4 rings (SSSR count). The first-order valence-corrected chi connectivity index (χ1v) is 13.0. The normalized spacial score (nSPS) is 18.4. The van der Waals surface area contributed by atoms with E-state index in [1.807, 2.05) is 6.08 Å². The Bertz CT molecular complexity index is 1290. The maximum Gasteiger partial charge on any atom is 0.264 e. The summed E-state index contributed by atoms with van der Waals surface area (Å²) in [4.78, 5) is 13.0. The third-order valence-electron chi connectivity index (χ3n) is 5.68. The fraction of sp³-hybridized carbons (Fsp3) is 0.292. The van der Waals surface area contributed by atoms with Gasteiger partial charge in [-0.3, -0.25) is 4.72 Å². The third kappa shape index (κ3) is 6.47. The molecule has 2 aromatic heterocycles. The predicted molar refractivity (Wildman–Crippen MR) is 138 cm³/mol. The van der Waals surface area contributed by atoms with Crippen LogP contribution in [-0.4, -0.2) is 42.6 Å². The van der Waals surface area contributed by atoms with E-state index in [9.17, 15) is 8.42 Å². The lowest BCUT2D eigenvalue weighted by atomic mass is 9.92. The van der Waals surface area contributed by atoms with Crippen LogP contribution in [0.25, 0.3) is 12.2 Å². The van der Waals surface area contributed by atoms with Crippen LogP contribution in [-0.2, 0) is 10.0 Å². The molecule has 3 aromatic rings. The van der Waals surface area contributed by atoms with E-state index in [2.05, 4.69) is 25.0 Å². The minimum atomic E-state index is -3.90. The molecule has 1 aliphatic carbocycles. The zero-order valence-electron chi connectivity index (χ0n) is 19.2. The van der Waals surface area contributed by atoms with E-state index in [1.54, 1.807) is 42.7 Å². The Morgan fingerprint density at radius 3 is 2.46 bits per heavy atom. The van der Waals surface area contributed by atoms with Gasteiger partial charge in [0.05, 0.1) is 12.1 Å². The van der Waals surface area contributed by atoms with Crippen molar-refractivity contribution in [2.24, 2.45) is 5.73 Å². The van der Waals surface area contributed by atoms with Gasteiger partial charge in [-0.25, -0.2) is 18.4 Å². The Morgan fingerprint density at radius 2 is 1.77 bits per heavy atom. The standard InChI is InChI=1S/C24H27ClN6O3S/c1-34-23-17(8-13-22(30-23)31-35(32,33)21-5-3-2-4-20(21)25)7-6-16-14-27-24(28-15-16)29-19-11-9-18(26)10-12-19/h2-8,13-15,18-19H,9-12,26H2,1H3,(H,30,31)(H,27,28,29)/b7-6+/t18-,19-. The number of hydrogen-bond acceptors (Lipinski definition) is 8. The number of nitrogens with zero attached hydrogens (tertiary/aromatic N) is 3. The molecule has 4 N–H and O–H groups in total. The first kappa shape index (κ1) is 24.9. The number of pyridine rings is 1. The Hall–Kier alpha value is -3.21. The summed E-state index contributed by atoms with van der Waals surface area (Å²) in [5, 5.41) is 3.49. The van der Waals surface area contributed by atoms with E-state index in [0.717, 1.165) is 31.2 Å². The lowest BCUT2D eigenvalue weighted by Crippen LogP contribution is -2.33. The number of nitrogens with two attached hydrogens (primary N) is 1. The van der Waals surface area contributed by atoms with E-state index < -0.39 is 10.0 Å². The second-order valence-corrected chi connectivity index (χ2v) is 10.3. The summed E-state index contributed by atoms with van der Waals surface area (Å²) in [6.45, 7) is 0. The van der Waals surface area contributed by atoms with Gasteiger partial charge in [0.1, 0.15) is 10.7 Å². The number of aromatic nitrogens is 3. The summed E-state index contributed by atoms with van der Waals surface area (Å²) >= 11 is 6.03. The number of halogens is 1. The van der Waals surface area contributed by atoms with Crippen LogP contribution in [0.5, 0.6) is 5.88 Å². The molecule has 11 heteroatoms. The maximum absolute atomic E-state index is 12.7. The lowest BCUT2D eigenvalue weighted by Gasteiger charge is -2.26. The molecule has 1 aliphatic rings. The summed E-state index contributed by atoms with van der Waals surface area (Å²) in [6.07, 6.45) is 11.1. The quantitative estimate of drug-likeness (QED) is 0.407. The number of hydrogen-bond donors (Lipinski definition) is 3. The van der Waals surface area contributed by atoms with E-state index in [4.69, 9.17) is 22.1 Å². The molecule has 0 bridgehead atoms. The van der Waals surface area contributed by atoms with Crippen molar-refractivity contribution in [2.45, 2.75) is 42.7 Å². The molecule has 9 nitrogen and oxygen atoms in total. The molecule has 0 unspecified atom stereocenters. The second kappa shape index (κ2) is 11.0. The summed E-state index contributed by atoms with van der Waals surface area (Å²) < 4.78 is 33.1. The molecule has 1 saturated carbocycles. The van der Waals surface area contributed by atoms with Crippen molar-refractivity contribution in [3.63, 3.8) is 0 Å². The van der Waals surface area contributed by atoms with E-state index in [0.29, 0.717) is 23.6 Å². The molecule has 0 amide bonds. The van der Waals surface area contributed by atoms with Gasteiger partial charge in [-0.15, -0.1) is 0 Å². The van der Waals surface area contributed by atoms with Gasteiger partial charge in [-0.05, 0) is 56.0 Å². The van der Waals surface area contributed by atoms with Crippen molar-refractivity contribution in [3.05, 3.63) is 64.9 Å². The minimum absolute atomic E-state index is 0.0311. The highest BCUT2D eigenvalue weighted by Gasteiger charge is 2.20. The van der Waals surface area contributed by atoms with E-state index in [1.165, 1.54) is 19.2 Å². The fourth-order valence-electron chi connectivity index (χ4n) is 3.78. The van der Waals surface area contributed by atoms with Crippen LogP contribution in [0.2, 0.25) is 5.02 Å². The molecule has 0 spiro atoms. The number of methoxy groups -OCH3 is 1. The largest absolute Gasteiger partial charge is 0.481 e. The Kier molecular flexibility index (Phi) is 7.84. The summed E-state index contributed by atoms with van der Waals surface area (Å²) in [5.74, 6) is 0.966. The van der Waals surface area contributed by atoms with Gasteiger partial charge in [0, 0.05) is 35.6 Å². The van der Waals surface area contributed by atoms with Crippen molar-refractivity contribution < 1.29 is 13.2 Å². The summed E-state index contributed by atoms with van der Waals surface area (Å²) in [5.41, 5.74) is 7.42. The molecule has 2 heterocycles. The summed E-state index contributed by atoms with van der Waals surface area (Å²) in [6, 6.07) is 10.1. The number of benzene rings is 1. The molecule has 184 valence electrons. The zero-order chi connectivity index (χ0) is 24.8. The molecule has 35 heavy (non-hydrogen) atoms. The van der Waals surface area contributed by atoms with Crippen molar-refractivity contribution in [3.8, 4) is 5.88 Å². The fourth-order valence-corrected chi connectivity index (χ4v) is 5.31. The zero-order valence-corrected chi connectivity index (χ0v) is 20.8. The Labute approximate surface area is 209 Å². The Balaban J connectivity index is 1.43. The van der Waals surface area contributed by atoms with Crippen molar-refractivity contribution in [1.82, 2.24) is 15.0 Å². The predicted octanol–water partition coefficient (Wildman–Crippen LogP) is 4.19. The topological polar surface area (TPSA) is 132 Å². The SMILES string of the molecule is COc1nc(NS(=O)(=O)c2ccccc2Cl)ccc1/C=C/c1cnc(N[C@H]2CC[C@H](N)CC2)nc1. The first-order valence-electron chi connectivity index (χ1n) is 11.2. The van der Waals surface area contributed by atoms with Gasteiger partial charge in [0.2, 0.25) is 11.8 Å². The number of anilines is 2. The van der Waals surface area contributed by atoms with Gasteiger partial charge in [0.15, 0.2) is 0 Å². The van der Waals surface area contributed by atoms with Crippen LogP contribution in [0.3, 0.4) is 0 Å². The molecule has 0 radical (unpaired) electrons. The average molecular weight is 515 g/mol. The smallest absolute Gasteiger partial charge is 0.264 e. The average Bonchev–Trinajstić information content (AvgIpc) is 2.85. The van der Waals surface area contributed by atoms with E-state index in [-0.39, 0.29) is 21.6 Å². The number of sulfonamides is 1. The van der Waals surface area contributed by atoms with Gasteiger partial charge >= 0.3 is 0 Å². The lowest BCUT2D eigenvalue weighted by molar-refractivity contribution is 0.397. The molecule has 1 aromatic carbocycles. The monoisotopic (exact) mass is 514 g/mol. The molecular weight excluding hydrogens is 488 g/mol. The molecule has 0 aliphatic heterocycles. The van der Waals surface area contributed by atoms with Crippen LogP contribution < -0.4 is 20.5 Å². The van der Waals surface area contributed by atoms with Crippen LogP contribution in [0.1, 0.15) is 36.8 Å². The summed E-state index contributed by atoms with van der Waals surface area (Å²) in [7, 11) is -2.44. The molecule has 0 saturated heterocycles. The van der Waals surface area contributed by atoms with Crippen molar-refractivity contribution >= 4 is 45.5 Å². The minimum Gasteiger partial charge on any atom is -0.481 e. The second-order valence-electron chi connectivity index (χ2n) is 8.26. The van der Waals surface area contributed by atoms with Crippen LogP contribution in [0.15, 0.2) is 53.7 Å². The van der Waals surface area contributed by atoms with Crippen LogP contribution >= 0.6 is 11.6 Å². The van der Waals surface area contributed by atoms with Gasteiger partial charge in [-0.1, -0.05) is 29.8 Å².